The van der Waals surface area contributed by atoms with Crippen LogP contribution in [0.5, 0.6) is 0 Å². The highest BCUT2D eigenvalue weighted by atomic mass is 35.5. The van der Waals surface area contributed by atoms with Gasteiger partial charge in [0.25, 0.3) is 0 Å². The number of hydrogen-bond donors (Lipinski definition) is 2. The Morgan fingerprint density at radius 3 is 2.63 bits per heavy atom. The molecule has 0 bridgehead atoms. The van der Waals surface area contributed by atoms with Gasteiger partial charge in [-0.3, -0.25) is 4.79 Å². The summed E-state index contributed by atoms with van der Waals surface area (Å²) in [5.74, 6) is 0.480. The quantitative estimate of drug-likeness (QED) is 0.761. The summed E-state index contributed by atoms with van der Waals surface area (Å²) in [7, 11) is 0. The number of nitrogens with two attached hydrogens (primary N) is 1. The average Bonchev–Trinajstić information content (AvgIpc) is 2.31. The SMILES string of the molecule is CC(N)CCNC(=O)CCSc1ccc(F)cc1.Cl. The van der Waals surface area contributed by atoms with E-state index in [1.54, 1.807) is 23.9 Å². The Morgan fingerprint density at radius 1 is 1.42 bits per heavy atom. The van der Waals surface area contributed by atoms with Crippen LogP contribution in [0.2, 0.25) is 0 Å². The molecule has 1 amide bonds. The van der Waals surface area contributed by atoms with E-state index < -0.39 is 0 Å². The standard InChI is InChI=1S/C13H19FN2OS.ClH/c1-10(15)6-8-16-13(17)7-9-18-12-4-2-11(14)3-5-12;/h2-5,10H,6-9,15H2,1H3,(H,16,17);1H. The smallest absolute Gasteiger partial charge is 0.220 e. The number of halogens is 2. The van der Waals surface area contributed by atoms with Gasteiger partial charge in [0.15, 0.2) is 0 Å². The fraction of sp³-hybridized carbons (Fsp3) is 0.462. The first kappa shape index (κ1) is 18.2. The molecule has 0 aliphatic heterocycles. The minimum atomic E-state index is -0.243. The van der Waals surface area contributed by atoms with E-state index in [9.17, 15) is 9.18 Å². The van der Waals surface area contributed by atoms with Crippen molar-refractivity contribution in [3.05, 3.63) is 30.1 Å². The van der Waals surface area contributed by atoms with Gasteiger partial charge in [0, 0.05) is 29.7 Å². The Hall–Kier alpha value is -0.780. The van der Waals surface area contributed by atoms with Crippen molar-refractivity contribution >= 4 is 30.1 Å². The molecule has 3 nitrogen and oxygen atoms in total. The van der Waals surface area contributed by atoms with Crippen LogP contribution >= 0.6 is 24.2 Å². The van der Waals surface area contributed by atoms with Gasteiger partial charge >= 0.3 is 0 Å². The molecule has 19 heavy (non-hydrogen) atoms. The molecule has 0 saturated heterocycles. The summed E-state index contributed by atoms with van der Waals surface area (Å²) in [6.45, 7) is 2.54. The Morgan fingerprint density at radius 2 is 2.05 bits per heavy atom. The molecule has 108 valence electrons. The molecular weight excluding hydrogens is 287 g/mol. The highest BCUT2D eigenvalue weighted by Crippen LogP contribution is 2.18. The Kier molecular flexibility index (Phi) is 9.65. The highest BCUT2D eigenvalue weighted by molar-refractivity contribution is 7.99. The summed E-state index contributed by atoms with van der Waals surface area (Å²) >= 11 is 1.55. The molecule has 1 aromatic rings. The third-order valence-electron chi connectivity index (χ3n) is 2.33. The molecule has 6 heteroatoms. The summed E-state index contributed by atoms with van der Waals surface area (Å²) in [5, 5.41) is 2.82. The van der Waals surface area contributed by atoms with Crippen LogP contribution in [0.4, 0.5) is 4.39 Å². The number of rotatable bonds is 7. The minimum absolute atomic E-state index is 0. The summed E-state index contributed by atoms with van der Waals surface area (Å²) in [6.07, 6.45) is 1.25. The van der Waals surface area contributed by atoms with Gasteiger partial charge < -0.3 is 11.1 Å². The maximum Gasteiger partial charge on any atom is 0.220 e. The largest absolute Gasteiger partial charge is 0.356 e. The molecule has 0 radical (unpaired) electrons. The number of benzene rings is 1. The van der Waals surface area contributed by atoms with Crippen molar-refractivity contribution in [3.8, 4) is 0 Å². The second-order valence-electron chi connectivity index (χ2n) is 4.17. The number of amides is 1. The molecular formula is C13H20ClFN2OS. The maximum absolute atomic E-state index is 12.7. The van der Waals surface area contributed by atoms with E-state index in [-0.39, 0.29) is 30.2 Å². The molecule has 0 spiro atoms. The molecule has 1 rings (SSSR count). The normalized spacial score (nSPS) is 11.5. The van der Waals surface area contributed by atoms with Gasteiger partial charge in [-0.15, -0.1) is 24.2 Å². The Balaban J connectivity index is 0.00000324. The number of nitrogens with one attached hydrogen (secondary N) is 1. The van der Waals surface area contributed by atoms with Crippen LogP contribution in [0.3, 0.4) is 0 Å². The summed E-state index contributed by atoms with van der Waals surface area (Å²) < 4.78 is 12.7. The molecule has 1 atom stereocenters. The van der Waals surface area contributed by atoms with Crippen LogP contribution in [-0.2, 0) is 4.79 Å². The lowest BCUT2D eigenvalue weighted by molar-refractivity contribution is -0.120. The number of carbonyl (C=O) groups is 1. The monoisotopic (exact) mass is 306 g/mol. The zero-order valence-electron chi connectivity index (χ0n) is 10.9. The fourth-order valence-electron chi connectivity index (χ4n) is 1.32. The minimum Gasteiger partial charge on any atom is -0.356 e. The molecule has 0 aliphatic rings. The van der Waals surface area contributed by atoms with E-state index in [1.165, 1.54) is 12.1 Å². The van der Waals surface area contributed by atoms with Crippen LogP contribution in [-0.4, -0.2) is 24.2 Å². The van der Waals surface area contributed by atoms with E-state index in [1.807, 2.05) is 6.92 Å². The molecule has 0 saturated carbocycles. The van der Waals surface area contributed by atoms with Crippen LogP contribution in [0.1, 0.15) is 19.8 Å². The molecule has 0 fully saturated rings. The molecule has 1 aromatic carbocycles. The average molecular weight is 307 g/mol. The highest BCUT2D eigenvalue weighted by Gasteiger charge is 2.02. The van der Waals surface area contributed by atoms with Crippen molar-refractivity contribution in [1.82, 2.24) is 5.32 Å². The van der Waals surface area contributed by atoms with Gasteiger partial charge in [0.05, 0.1) is 0 Å². The van der Waals surface area contributed by atoms with Gasteiger partial charge in [-0.2, -0.15) is 0 Å². The zero-order chi connectivity index (χ0) is 13.4. The van der Waals surface area contributed by atoms with Crippen molar-refractivity contribution in [2.45, 2.75) is 30.7 Å². The Bertz CT molecular complexity index is 373. The second kappa shape index (κ2) is 10.1. The predicted octanol–water partition coefficient (Wildman–Crippen LogP) is 2.58. The first-order valence-corrected chi connectivity index (χ1v) is 6.97. The number of thioether (sulfide) groups is 1. The van der Waals surface area contributed by atoms with Crippen molar-refractivity contribution in [2.75, 3.05) is 12.3 Å². The van der Waals surface area contributed by atoms with E-state index in [2.05, 4.69) is 5.32 Å². The van der Waals surface area contributed by atoms with Crippen molar-refractivity contribution in [2.24, 2.45) is 5.73 Å². The van der Waals surface area contributed by atoms with Crippen LogP contribution in [0, 0.1) is 5.82 Å². The van der Waals surface area contributed by atoms with Crippen LogP contribution in [0.15, 0.2) is 29.2 Å². The van der Waals surface area contributed by atoms with Gasteiger partial charge in [0.2, 0.25) is 5.91 Å². The third-order valence-corrected chi connectivity index (χ3v) is 3.35. The Labute approximate surface area is 123 Å². The summed E-state index contributed by atoms with van der Waals surface area (Å²) in [6, 6.07) is 6.39. The topological polar surface area (TPSA) is 55.1 Å². The van der Waals surface area contributed by atoms with E-state index in [4.69, 9.17) is 5.73 Å². The first-order valence-electron chi connectivity index (χ1n) is 5.98. The van der Waals surface area contributed by atoms with E-state index >= 15 is 0 Å². The maximum atomic E-state index is 12.7. The van der Waals surface area contributed by atoms with Gasteiger partial charge in [-0.1, -0.05) is 0 Å². The lowest BCUT2D eigenvalue weighted by atomic mass is 10.2. The molecule has 3 N–H and O–H groups in total. The molecule has 0 aromatic heterocycles. The van der Waals surface area contributed by atoms with E-state index in [0.29, 0.717) is 18.7 Å². The molecule has 0 aliphatic carbocycles. The summed E-state index contributed by atoms with van der Waals surface area (Å²) in [4.78, 5) is 12.4. The number of carbonyl (C=O) groups excluding carboxylic acids is 1. The van der Waals surface area contributed by atoms with Gasteiger partial charge in [0.1, 0.15) is 5.82 Å². The molecule has 1 unspecified atom stereocenters. The number of hydrogen-bond acceptors (Lipinski definition) is 3. The zero-order valence-corrected chi connectivity index (χ0v) is 12.5. The van der Waals surface area contributed by atoms with Crippen molar-refractivity contribution in [1.29, 1.82) is 0 Å². The van der Waals surface area contributed by atoms with Crippen LogP contribution in [0.25, 0.3) is 0 Å². The lowest BCUT2D eigenvalue weighted by Crippen LogP contribution is -2.29. The van der Waals surface area contributed by atoms with E-state index in [0.717, 1.165) is 11.3 Å². The lowest BCUT2D eigenvalue weighted by Gasteiger charge is -2.07. The second-order valence-corrected chi connectivity index (χ2v) is 5.34. The first-order chi connectivity index (χ1) is 8.58. The molecule has 0 heterocycles. The van der Waals surface area contributed by atoms with Gasteiger partial charge in [-0.25, -0.2) is 4.39 Å². The van der Waals surface area contributed by atoms with Crippen molar-refractivity contribution in [3.63, 3.8) is 0 Å². The third kappa shape index (κ3) is 8.86. The van der Waals surface area contributed by atoms with Gasteiger partial charge in [-0.05, 0) is 37.6 Å². The summed E-state index contributed by atoms with van der Waals surface area (Å²) in [5.41, 5.74) is 5.58. The van der Waals surface area contributed by atoms with Crippen molar-refractivity contribution < 1.29 is 9.18 Å². The fourth-order valence-corrected chi connectivity index (χ4v) is 2.17. The predicted molar refractivity (Wildman–Crippen MR) is 80.3 cm³/mol. The van der Waals surface area contributed by atoms with Crippen LogP contribution < -0.4 is 11.1 Å².